The van der Waals surface area contributed by atoms with Gasteiger partial charge in [0, 0.05) is 12.1 Å². The van der Waals surface area contributed by atoms with Crippen molar-refractivity contribution in [1.29, 1.82) is 0 Å². The Balaban J connectivity index is 2.29. The molecule has 1 aliphatic heterocycles. The summed E-state index contributed by atoms with van der Waals surface area (Å²) in [6, 6.07) is 12.8. The Morgan fingerprint density at radius 2 is 1.88 bits per heavy atom. The monoisotopic (exact) mass is 210 g/mol. The Morgan fingerprint density at radius 3 is 2.62 bits per heavy atom. The Labute approximate surface area is 95.0 Å². The fourth-order valence-electron chi connectivity index (χ4n) is 2.23. The van der Waals surface area contributed by atoms with E-state index in [1.165, 1.54) is 21.9 Å². The van der Waals surface area contributed by atoms with Gasteiger partial charge in [0.15, 0.2) is 0 Å². The highest BCUT2D eigenvalue weighted by Gasteiger charge is 2.11. The minimum absolute atomic E-state index is 0.886. The molecule has 0 unspecified atom stereocenters. The molecule has 0 amide bonds. The van der Waals surface area contributed by atoms with E-state index < -0.39 is 0 Å². The molecule has 0 bridgehead atoms. The SMILES string of the molecule is Cc1ccc(C2=NCCN2)c2ccccc12. The molecule has 0 atom stereocenters. The first-order valence-corrected chi connectivity index (χ1v) is 5.63. The second kappa shape index (κ2) is 3.63. The number of nitrogens with one attached hydrogen (secondary N) is 1. The minimum Gasteiger partial charge on any atom is -0.368 e. The van der Waals surface area contributed by atoms with Crippen molar-refractivity contribution in [3.05, 3.63) is 47.5 Å². The third-order valence-corrected chi connectivity index (χ3v) is 3.07. The van der Waals surface area contributed by atoms with Gasteiger partial charge in [-0.3, -0.25) is 4.99 Å². The van der Waals surface area contributed by atoms with Gasteiger partial charge < -0.3 is 5.32 Å². The molecule has 0 aliphatic carbocycles. The van der Waals surface area contributed by atoms with Crippen LogP contribution in [0.15, 0.2) is 41.4 Å². The van der Waals surface area contributed by atoms with E-state index in [2.05, 4.69) is 53.6 Å². The molecule has 0 spiro atoms. The molecule has 1 N–H and O–H groups in total. The van der Waals surface area contributed by atoms with E-state index in [1.807, 2.05) is 0 Å². The molecule has 80 valence electrons. The summed E-state index contributed by atoms with van der Waals surface area (Å²) in [5.41, 5.74) is 2.54. The van der Waals surface area contributed by atoms with Gasteiger partial charge in [0.25, 0.3) is 0 Å². The maximum absolute atomic E-state index is 4.49. The van der Waals surface area contributed by atoms with Crippen molar-refractivity contribution in [2.75, 3.05) is 13.1 Å². The highest BCUT2D eigenvalue weighted by atomic mass is 15.1. The standard InChI is InChI=1S/C14H14N2/c1-10-6-7-13(14-15-8-9-16-14)12-5-3-2-4-11(10)12/h2-7H,8-9H2,1H3,(H,15,16). The number of aliphatic imine (C=N–C) groups is 1. The van der Waals surface area contributed by atoms with Crippen molar-refractivity contribution in [2.45, 2.75) is 6.92 Å². The molecule has 0 radical (unpaired) electrons. The Bertz CT molecular complexity index is 570. The summed E-state index contributed by atoms with van der Waals surface area (Å²) in [6.07, 6.45) is 0. The summed E-state index contributed by atoms with van der Waals surface area (Å²) < 4.78 is 0. The van der Waals surface area contributed by atoms with Gasteiger partial charge in [-0.25, -0.2) is 0 Å². The van der Waals surface area contributed by atoms with Crippen LogP contribution in [0.2, 0.25) is 0 Å². The summed E-state index contributed by atoms with van der Waals surface area (Å²) in [5.74, 6) is 1.04. The molecule has 2 nitrogen and oxygen atoms in total. The number of rotatable bonds is 1. The number of aryl methyl sites for hydroxylation is 1. The third-order valence-electron chi connectivity index (χ3n) is 3.07. The van der Waals surface area contributed by atoms with Crippen LogP contribution >= 0.6 is 0 Å². The van der Waals surface area contributed by atoms with Crippen LogP contribution < -0.4 is 5.32 Å². The predicted octanol–water partition coefficient (Wildman–Crippen LogP) is 2.50. The van der Waals surface area contributed by atoms with Crippen molar-refractivity contribution in [1.82, 2.24) is 5.32 Å². The molecule has 0 aromatic heterocycles. The molecule has 0 saturated heterocycles. The molecule has 2 aromatic carbocycles. The van der Waals surface area contributed by atoms with Crippen molar-refractivity contribution >= 4 is 16.6 Å². The number of hydrogen-bond donors (Lipinski definition) is 1. The Morgan fingerprint density at radius 1 is 1.06 bits per heavy atom. The first kappa shape index (κ1) is 9.40. The van der Waals surface area contributed by atoms with E-state index in [-0.39, 0.29) is 0 Å². The lowest BCUT2D eigenvalue weighted by Crippen LogP contribution is -2.19. The summed E-state index contributed by atoms with van der Waals surface area (Å²) in [5, 5.41) is 5.94. The van der Waals surface area contributed by atoms with Gasteiger partial charge in [-0.1, -0.05) is 36.4 Å². The molecular weight excluding hydrogens is 196 g/mol. The van der Waals surface area contributed by atoms with Crippen LogP contribution in [0.4, 0.5) is 0 Å². The molecule has 1 aliphatic rings. The molecule has 2 heteroatoms. The van der Waals surface area contributed by atoms with E-state index in [4.69, 9.17) is 0 Å². The van der Waals surface area contributed by atoms with Crippen LogP contribution in [0.5, 0.6) is 0 Å². The zero-order chi connectivity index (χ0) is 11.0. The first-order valence-electron chi connectivity index (χ1n) is 5.63. The second-order valence-corrected chi connectivity index (χ2v) is 4.13. The highest BCUT2D eigenvalue weighted by molar-refractivity contribution is 6.10. The molecule has 2 aromatic rings. The van der Waals surface area contributed by atoms with Crippen LogP contribution in [0.3, 0.4) is 0 Å². The molecule has 16 heavy (non-hydrogen) atoms. The van der Waals surface area contributed by atoms with Gasteiger partial charge in [0.1, 0.15) is 5.84 Å². The fraction of sp³-hybridized carbons (Fsp3) is 0.214. The topological polar surface area (TPSA) is 24.4 Å². The lowest BCUT2D eigenvalue weighted by atomic mass is 10.00. The molecule has 0 saturated carbocycles. The highest BCUT2D eigenvalue weighted by Crippen LogP contribution is 2.22. The predicted molar refractivity (Wildman–Crippen MR) is 68.1 cm³/mol. The van der Waals surface area contributed by atoms with Crippen molar-refractivity contribution in [3.8, 4) is 0 Å². The minimum atomic E-state index is 0.886. The molecular formula is C14H14N2. The lowest BCUT2D eigenvalue weighted by molar-refractivity contribution is 0.960. The average molecular weight is 210 g/mol. The largest absolute Gasteiger partial charge is 0.368 e. The third kappa shape index (κ3) is 1.38. The van der Waals surface area contributed by atoms with E-state index in [0.717, 1.165) is 18.9 Å². The number of hydrogen-bond acceptors (Lipinski definition) is 2. The van der Waals surface area contributed by atoms with Crippen molar-refractivity contribution < 1.29 is 0 Å². The van der Waals surface area contributed by atoms with Crippen LogP contribution in [0, 0.1) is 6.92 Å². The van der Waals surface area contributed by atoms with Gasteiger partial charge in [-0.2, -0.15) is 0 Å². The van der Waals surface area contributed by atoms with Crippen LogP contribution in [-0.2, 0) is 0 Å². The van der Waals surface area contributed by atoms with Gasteiger partial charge in [0.05, 0.1) is 6.54 Å². The molecule has 0 fully saturated rings. The smallest absolute Gasteiger partial charge is 0.129 e. The molecule has 1 heterocycles. The summed E-state index contributed by atoms with van der Waals surface area (Å²) in [7, 11) is 0. The number of amidine groups is 1. The van der Waals surface area contributed by atoms with E-state index >= 15 is 0 Å². The normalized spacial score (nSPS) is 14.9. The maximum Gasteiger partial charge on any atom is 0.129 e. The van der Waals surface area contributed by atoms with Gasteiger partial charge in [-0.15, -0.1) is 0 Å². The summed E-state index contributed by atoms with van der Waals surface area (Å²) >= 11 is 0. The van der Waals surface area contributed by atoms with Crippen molar-refractivity contribution in [3.63, 3.8) is 0 Å². The van der Waals surface area contributed by atoms with E-state index in [0.29, 0.717) is 0 Å². The zero-order valence-corrected chi connectivity index (χ0v) is 9.33. The van der Waals surface area contributed by atoms with Gasteiger partial charge in [-0.05, 0) is 23.3 Å². The number of benzene rings is 2. The van der Waals surface area contributed by atoms with E-state index in [9.17, 15) is 0 Å². The van der Waals surface area contributed by atoms with Crippen LogP contribution in [0.25, 0.3) is 10.8 Å². The fourth-order valence-corrected chi connectivity index (χ4v) is 2.23. The quantitative estimate of drug-likeness (QED) is 0.768. The van der Waals surface area contributed by atoms with Crippen LogP contribution in [0.1, 0.15) is 11.1 Å². The average Bonchev–Trinajstić information content (AvgIpc) is 2.83. The van der Waals surface area contributed by atoms with E-state index in [1.54, 1.807) is 0 Å². The molecule has 3 rings (SSSR count). The number of nitrogens with zero attached hydrogens (tertiary/aromatic N) is 1. The Hall–Kier alpha value is -1.83. The van der Waals surface area contributed by atoms with Crippen LogP contribution in [-0.4, -0.2) is 18.9 Å². The van der Waals surface area contributed by atoms with Gasteiger partial charge in [0.2, 0.25) is 0 Å². The lowest BCUT2D eigenvalue weighted by Gasteiger charge is -2.09. The second-order valence-electron chi connectivity index (χ2n) is 4.13. The first-order chi connectivity index (χ1) is 7.86. The number of fused-ring (bicyclic) bond motifs is 1. The maximum atomic E-state index is 4.49. The van der Waals surface area contributed by atoms with Gasteiger partial charge >= 0.3 is 0 Å². The van der Waals surface area contributed by atoms with Crippen molar-refractivity contribution in [2.24, 2.45) is 4.99 Å². The zero-order valence-electron chi connectivity index (χ0n) is 9.33. The summed E-state index contributed by atoms with van der Waals surface area (Å²) in [4.78, 5) is 4.49. The summed E-state index contributed by atoms with van der Waals surface area (Å²) in [6.45, 7) is 3.99. The Kier molecular flexibility index (Phi) is 2.13.